The van der Waals surface area contributed by atoms with Crippen molar-refractivity contribution in [2.75, 3.05) is 0 Å². The summed E-state index contributed by atoms with van der Waals surface area (Å²) in [5.41, 5.74) is 3.08. The zero-order valence-electron chi connectivity index (χ0n) is 10.4. The zero-order chi connectivity index (χ0) is 11.7. The number of benzene rings is 1. The molecule has 0 bridgehead atoms. The van der Waals surface area contributed by atoms with E-state index < -0.39 is 0 Å². The van der Waals surface area contributed by atoms with E-state index in [4.69, 9.17) is 0 Å². The van der Waals surface area contributed by atoms with Crippen molar-refractivity contribution >= 4 is 15.9 Å². The highest BCUT2D eigenvalue weighted by Gasteiger charge is 2.28. The van der Waals surface area contributed by atoms with Gasteiger partial charge in [0.2, 0.25) is 0 Å². The van der Waals surface area contributed by atoms with Gasteiger partial charge in [0.05, 0.1) is 0 Å². The van der Waals surface area contributed by atoms with Crippen LogP contribution in [0, 0.1) is 5.92 Å². The zero-order valence-corrected chi connectivity index (χ0v) is 12.0. The molecule has 17 heavy (non-hydrogen) atoms. The monoisotopic (exact) mass is 292 g/mol. The van der Waals surface area contributed by atoms with Gasteiger partial charge < -0.3 is 0 Å². The summed E-state index contributed by atoms with van der Waals surface area (Å²) in [5, 5.41) is 0. The van der Waals surface area contributed by atoms with Gasteiger partial charge in [0.15, 0.2) is 0 Å². The second-order valence-electron chi connectivity index (χ2n) is 5.76. The Balaban J connectivity index is 1.52. The molecule has 0 heterocycles. The molecule has 1 atom stereocenters. The first-order valence-electron chi connectivity index (χ1n) is 7.06. The summed E-state index contributed by atoms with van der Waals surface area (Å²) >= 11 is 3.82. The summed E-state index contributed by atoms with van der Waals surface area (Å²) < 4.78 is 0. The lowest BCUT2D eigenvalue weighted by atomic mass is 9.80. The van der Waals surface area contributed by atoms with Gasteiger partial charge in [-0.15, -0.1) is 0 Å². The van der Waals surface area contributed by atoms with E-state index in [1.165, 1.54) is 50.5 Å². The molecule has 0 radical (unpaired) electrons. The van der Waals surface area contributed by atoms with Crippen molar-refractivity contribution in [2.45, 2.75) is 55.7 Å². The third kappa shape index (κ3) is 2.93. The van der Waals surface area contributed by atoms with Gasteiger partial charge in [0.25, 0.3) is 0 Å². The van der Waals surface area contributed by atoms with Gasteiger partial charge in [-0.3, -0.25) is 0 Å². The lowest BCUT2D eigenvalue weighted by molar-refractivity contribution is 0.419. The Hall–Kier alpha value is -0.300. The maximum absolute atomic E-state index is 3.82. The second kappa shape index (κ2) is 5.14. The predicted octanol–water partition coefficient (Wildman–Crippen LogP) is 5.06. The van der Waals surface area contributed by atoms with Crippen LogP contribution in [0.25, 0.3) is 0 Å². The number of halogens is 1. The van der Waals surface area contributed by atoms with E-state index in [9.17, 15) is 0 Å². The molecule has 1 heteroatoms. The van der Waals surface area contributed by atoms with Crippen LogP contribution in [0.4, 0.5) is 0 Å². The maximum atomic E-state index is 3.82. The molecule has 0 amide bonds. The first kappa shape index (κ1) is 11.8. The van der Waals surface area contributed by atoms with E-state index in [-0.39, 0.29) is 0 Å². The van der Waals surface area contributed by atoms with Crippen LogP contribution in [0.15, 0.2) is 24.3 Å². The molecule has 2 aliphatic carbocycles. The van der Waals surface area contributed by atoms with Crippen molar-refractivity contribution in [2.24, 2.45) is 5.92 Å². The molecule has 2 aliphatic rings. The molecule has 3 rings (SSSR count). The molecule has 0 aliphatic heterocycles. The summed E-state index contributed by atoms with van der Waals surface area (Å²) in [5.74, 6) is 1.85. The average Bonchev–Trinajstić information content (AvgIpc) is 3.09. The maximum Gasteiger partial charge on any atom is 0.0177 e. The Morgan fingerprint density at radius 2 is 1.76 bits per heavy atom. The van der Waals surface area contributed by atoms with Crippen LogP contribution in [-0.2, 0) is 6.42 Å². The molecule has 0 aromatic heterocycles. The average molecular weight is 293 g/mol. The van der Waals surface area contributed by atoms with Crippen molar-refractivity contribution < 1.29 is 0 Å². The van der Waals surface area contributed by atoms with Crippen molar-refractivity contribution in [3.63, 3.8) is 0 Å². The highest BCUT2D eigenvalue weighted by Crippen LogP contribution is 2.39. The van der Waals surface area contributed by atoms with Gasteiger partial charge in [-0.25, -0.2) is 0 Å². The Bertz CT molecular complexity index is 360. The second-order valence-corrected chi connectivity index (χ2v) is 6.94. The molecule has 2 fully saturated rings. The standard InChI is InChI=1S/C16H21Br/c17-16(15-9-10-15)11-6-12-4-7-14(8-5-12)13-2-1-3-13/h4-5,7-8,13,15-16H,1-3,6,9-11H2. The Morgan fingerprint density at radius 3 is 2.29 bits per heavy atom. The van der Waals surface area contributed by atoms with E-state index >= 15 is 0 Å². The predicted molar refractivity (Wildman–Crippen MR) is 76.8 cm³/mol. The Kier molecular flexibility index (Phi) is 3.56. The Morgan fingerprint density at radius 1 is 1.06 bits per heavy atom. The first-order valence-corrected chi connectivity index (χ1v) is 7.97. The first-order chi connectivity index (χ1) is 8.33. The van der Waals surface area contributed by atoms with E-state index in [1.54, 1.807) is 5.56 Å². The minimum Gasteiger partial charge on any atom is -0.0888 e. The van der Waals surface area contributed by atoms with E-state index in [2.05, 4.69) is 40.2 Å². The van der Waals surface area contributed by atoms with Crippen LogP contribution < -0.4 is 0 Å². The summed E-state index contributed by atoms with van der Waals surface area (Å²) in [6.45, 7) is 0. The number of hydrogen-bond donors (Lipinski definition) is 0. The highest BCUT2D eigenvalue weighted by atomic mass is 79.9. The van der Waals surface area contributed by atoms with Crippen LogP contribution in [0.2, 0.25) is 0 Å². The van der Waals surface area contributed by atoms with Crippen molar-refractivity contribution in [1.82, 2.24) is 0 Å². The fraction of sp³-hybridized carbons (Fsp3) is 0.625. The topological polar surface area (TPSA) is 0 Å². The van der Waals surface area contributed by atoms with Crippen molar-refractivity contribution in [3.05, 3.63) is 35.4 Å². The van der Waals surface area contributed by atoms with Gasteiger partial charge in [0.1, 0.15) is 0 Å². The molecule has 2 saturated carbocycles. The molecule has 92 valence electrons. The molecule has 1 unspecified atom stereocenters. The summed E-state index contributed by atoms with van der Waals surface area (Å²) in [7, 11) is 0. The van der Waals surface area contributed by atoms with Gasteiger partial charge in [-0.05, 0) is 61.5 Å². The Labute approximate surface area is 113 Å². The third-order valence-corrected chi connectivity index (χ3v) is 5.60. The van der Waals surface area contributed by atoms with Crippen LogP contribution in [-0.4, -0.2) is 4.83 Å². The molecule has 1 aromatic carbocycles. The lowest BCUT2D eigenvalue weighted by Crippen LogP contribution is -2.08. The molecule has 0 N–H and O–H groups in total. The largest absolute Gasteiger partial charge is 0.0888 e. The molecule has 0 nitrogen and oxygen atoms in total. The molecular formula is C16H21Br. The van der Waals surface area contributed by atoms with Crippen molar-refractivity contribution in [3.8, 4) is 0 Å². The number of hydrogen-bond acceptors (Lipinski definition) is 0. The van der Waals surface area contributed by atoms with Crippen LogP contribution in [0.5, 0.6) is 0 Å². The minimum atomic E-state index is 0.758. The fourth-order valence-corrected chi connectivity index (χ4v) is 3.45. The van der Waals surface area contributed by atoms with Crippen LogP contribution in [0.1, 0.15) is 55.6 Å². The minimum absolute atomic E-state index is 0.758. The fourth-order valence-electron chi connectivity index (χ4n) is 2.70. The number of alkyl halides is 1. The van der Waals surface area contributed by atoms with Crippen LogP contribution >= 0.6 is 15.9 Å². The molecule has 0 spiro atoms. The summed E-state index contributed by atoms with van der Waals surface area (Å²) in [6.07, 6.45) is 9.66. The van der Waals surface area contributed by atoms with E-state index in [1.807, 2.05) is 0 Å². The third-order valence-electron chi connectivity index (χ3n) is 4.40. The smallest absolute Gasteiger partial charge is 0.0177 e. The summed E-state index contributed by atoms with van der Waals surface area (Å²) in [4.78, 5) is 0.758. The number of aryl methyl sites for hydroxylation is 1. The van der Waals surface area contributed by atoms with Crippen LogP contribution in [0.3, 0.4) is 0 Å². The number of rotatable bonds is 5. The van der Waals surface area contributed by atoms with Gasteiger partial charge >= 0.3 is 0 Å². The van der Waals surface area contributed by atoms with Crippen molar-refractivity contribution in [1.29, 1.82) is 0 Å². The van der Waals surface area contributed by atoms with Gasteiger partial charge in [-0.1, -0.05) is 46.6 Å². The molecular weight excluding hydrogens is 272 g/mol. The summed E-state index contributed by atoms with van der Waals surface area (Å²) in [6, 6.07) is 9.42. The highest BCUT2D eigenvalue weighted by molar-refractivity contribution is 9.09. The van der Waals surface area contributed by atoms with E-state index in [0.717, 1.165) is 16.7 Å². The van der Waals surface area contributed by atoms with Gasteiger partial charge in [0, 0.05) is 4.83 Å². The SMILES string of the molecule is BrC(CCc1ccc(C2CCC2)cc1)C1CC1. The molecule has 1 aromatic rings. The van der Waals surface area contributed by atoms with E-state index in [0.29, 0.717) is 0 Å². The molecule has 0 saturated heterocycles. The van der Waals surface area contributed by atoms with Gasteiger partial charge in [-0.2, -0.15) is 0 Å². The quantitative estimate of drug-likeness (QED) is 0.666. The lowest BCUT2D eigenvalue weighted by Gasteiger charge is -2.25. The normalized spacial score (nSPS) is 22.2.